The number of nitrogens with zero attached hydrogens (tertiary/aromatic N) is 2. The molecule has 3 aromatic carbocycles. The Balaban J connectivity index is 1.57. The first-order valence-corrected chi connectivity index (χ1v) is 11.0. The van der Waals surface area contributed by atoms with Crippen LogP contribution in [-0.4, -0.2) is 18.0 Å². The van der Waals surface area contributed by atoms with E-state index in [1.54, 1.807) is 60.7 Å². The van der Waals surface area contributed by atoms with Crippen LogP contribution in [0.15, 0.2) is 65.8 Å². The van der Waals surface area contributed by atoms with Crippen LogP contribution in [0.3, 0.4) is 0 Å². The molecule has 3 rings (SSSR count). The Morgan fingerprint density at radius 3 is 2.53 bits per heavy atom. The second-order valence-corrected chi connectivity index (χ2v) is 8.12. The van der Waals surface area contributed by atoms with Crippen LogP contribution in [0.4, 0.5) is 5.69 Å². The molecule has 34 heavy (non-hydrogen) atoms. The van der Waals surface area contributed by atoms with Crippen molar-refractivity contribution in [3.63, 3.8) is 0 Å². The number of benzene rings is 3. The summed E-state index contributed by atoms with van der Waals surface area (Å²) in [5, 5.41) is 16.2. The molecule has 0 atom stereocenters. The van der Waals surface area contributed by atoms with Crippen molar-refractivity contribution in [3.8, 4) is 11.8 Å². The maximum absolute atomic E-state index is 12.1. The normalized spacial score (nSPS) is 10.5. The number of amides is 2. The van der Waals surface area contributed by atoms with Gasteiger partial charge in [-0.25, -0.2) is 5.43 Å². The average molecular weight is 516 g/mol. The molecule has 0 aliphatic carbocycles. The van der Waals surface area contributed by atoms with Crippen molar-refractivity contribution in [1.82, 2.24) is 5.43 Å². The van der Waals surface area contributed by atoms with Crippen molar-refractivity contribution in [1.29, 1.82) is 5.26 Å². The Morgan fingerprint density at radius 1 is 1.03 bits per heavy atom. The standard InChI is InChI=1S/C24H17Cl3N4O3/c25-18-8-9-21(34-14-16-6-4-15(12-28)5-7-16)17(10-18)13-29-31-23(33)11-22(32)30-20-3-1-2-19(26)24(20)27/h1-10,13H,11,14H2,(H,30,32)(H,31,33). The summed E-state index contributed by atoms with van der Waals surface area (Å²) < 4.78 is 5.83. The van der Waals surface area contributed by atoms with E-state index in [1.165, 1.54) is 6.21 Å². The third kappa shape index (κ3) is 7.22. The number of halogens is 3. The van der Waals surface area contributed by atoms with Crippen LogP contribution in [-0.2, 0) is 16.2 Å². The van der Waals surface area contributed by atoms with Gasteiger partial charge in [0.05, 0.1) is 33.6 Å². The molecule has 0 aliphatic heterocycles. The summed E-state index contributed by atoms with van der Waals surface area (Å²) in [5.74, 6) is -0.722. The van der Waals surface area contributed by atoms with Crippen molar-refractivity contribution < 1.29 is 14.3 Å². The number of hydrazone groups is 1. The Bertz CT molecular complexity index is 1270. The highest BCUT2D eigenvalue weighted by atomic mass is 35.5. The van der Waals surface area contributed by atoms with E-state index in [9.17, 15) is 9.59 Å². The van der Waals surface area contributed by atoms with Crippen molar-refractivity contribution in [2.24, 2.45) is 5.10 Å². The van der Waals surface area contributed by atoms with E-state index in [0.717, 1.165) is 5.56 Å². The van der Waals surface area contributed by atoms with E-state index in [2.05, 4.69) is 21.9 Å². The number of nitrogens with one attached hydrogen (secondary N) is 2. The lowest BCUT2D eigenvalue weighted by atomic mass is 10.1. The molecular formula is C24H17Cl3N4O3. The van der Waals surface area contributed by atoms with Crippen molar-refractivity contribution in [2.45, 2.75) is 13.0 Å². The Kier molecular flexibility index (Phi) is 8.88. The van der Waals surface area contributed by atoms with Crippen molar-refractivity contribution in [3.05, 3.63) is 92.4 Å². The van der Waals surface area contributed by atoms with Gasteiger partial charge in [-0.05, 0) is 48.0 Å². The van der Waals surface area contributed by atoms with Gasteiger partial charge in [-0.15, -0.1) is 0 Å². The van der Waals surface area contributed by atoms with Crippen LogP contribution in [0.25, 0.3) is 0 Å². The molecule has 2 N–H and O–H groups in total. The Morgan fingerprint density at radius 2 is 1.79 bits per heavy atom. The minimum Gasteiger partial charge on any atom is -0.488 e. The van der Waals surface area contributed by atoms with Crippen LogP contribution in [0.1, 0.15) is 23.1 Å². The molecule has 172 valence electrons. The summed E-state index contributed by atoms with van der Waals surface area (Å²) >= 11 is 18.0. The van der Waals surface area contributed by atoms with Crippen LogP contribution in [0, 0.1) is 11.3 Å². The molecule has 0 aliphatic rings. The Hall–Kier alpha value is -3.57. The molecule has 0 heterocycles. The van der Waals surface area contributed by atoms with Crippen LogP contribution < -0.4 is 15.5 Å². The first-order chi connectivity index (χ1) is 16.4. The molecular weight excluding hydrogens is 499 g/mol. The lowest BCUT2D eigenvalue weighted by molar-refractivity contribution is -0.126. The number of carbonyl (C=O) groups is 2. The lowest BCUT2D eigenvalue weighted by Crippen LogP contribution is -2.24. The summed E-state index contributed by atoms with van der Waals surface area (Å²) in [6, 6.07) is 18.8. The fourth-order valence-electron chi connectivity index (χ4n) is 2.74. The van der Waals surface area contributed by atoms with Gasteiger partial charge in [-0.3, -0.25) is 9.59 Å². The van der Waals surface area contributed by atoms with Gasteiger partial charge in [-0.2, -0.15) is 10.4 Å². The predicted molar refractivity (Wildman–Crippen MR) is 132 cm³/mol. The highest BCUT2D eigenvalue weighted by Crippen LogP contribution is 2.29. The minimum atomic E-state index is -0.631. The molecule has 0 bridgehead atoms. The molecule has 0 aromatic heterocycles. The highest BCUT2D eigenvalue weighted by Gasteiger charge is 2.12. The second kappa shape index (κ2) is 12.1. The summed E-state index contributed by atoms with van der Waals surface area (Å²) in [5.41, 5.74) is 4.55. The zero-order chi connectivity index (χ0) is 24.5. The molecule has 2 amide bonds. The molecule has 0 spiro atoms. The molecule has 7 nitrogen and oxygen atoms in total. The van der Waals surface area contributed by atoms with E-state index in [-0.39, 0.29) is 16.7 Å². The number of anilines is 1. The number of ether oxygens (including phenoxy) is 1. The molecule has 3 aromatic rings. The van der Waals surface area contributed by atoms with E-state index < -0.39 is 18.2 Å². The molecule has 0 radical (unpaired) electrons. The van der Waals surface area contributed by atoms with Gasteiger partial charge >= 0.3 is 0 Å². The zero-order valence-corrected chi connectivity index (χ0v) is 19.8. The summed E-state index contributed by atoms with van der Waals surface area (Å²) in [4.78, 5) is 24.2. The van der Waals surface area contributed by atoms with E-state index in [0.29, 0.717) is 27.6 Å². The highest BCUT2D eigenvalue weighted by molar-refractivity contribution is 6.44. The second-order valence-electron chi connectivity index (χ2n) is 6.90. The quantitative estimate of drug-likeness (QED) is 0.232. The maximum atomic E-state index is 12.1. The van der Waals surface area contributed by atoms with Gasteiger partial charge in [0.2, 0.25) is 11.8 Å². The molecule has 0 saturated carbocycles. The van der Waals surface area contributed by atoms with Crippen molar-refractivity contribution >= 4 is 58.5 Å². The molecule has 0 saturated heterocycles. The van der Waals surface area contributed by atoms with Crippen molar-refractivity contribution in [2.75, 3.05) is 5.32 Å². The number of rotatable bonds is 8. The van der Waals surface area contributed by atoms with Crippen LogP contribution in [0.2, 0.25) is 15.1 Å². The Labute approximate surface area is 210 Å². The monoisotopic (exact) mass is 514 g/mol. The predicted octanol–water partition coefficient (Wildman–Crippen LogP) is 5.58. The van der Waals surface area contributed by atoms with Gasteiger partial charge in [-0.1, -0.05) is 53.0 Å². The van der Waals surface area contributed by atoms with Crippen LogP contribution in [0.5, 0.6) is 5.75 Å². The first-order valence-electron chi connectivity index (χ1n) is 9.83. The number of hydrogen-bond donors (Lipinski definition) is 2. The first kappa shape index (κ1) is 25.1. The third-order valence-corrected chi connectivity index (χ3v) is 5.44. The topological polar surface area (TPSA) is 104 Å². The van der Waals surface area contributed by atoms with Gasteiger partial charge in [0.1, 0.15) is 18.8 Å². The van der Waals surface area contributed by atoms with Gasteiger partial charge < -0.3 is 10.1 Å². The van der Waals surface area contributed by atoms with Gasteiger partial charge in [0, 0.05) is 10.6 Å². The average Bonchev–Trinajstić information content (AvgIpc) is 2.82. The molecule has 10 heteroatoms. The SMILES string of the molecule is N#Cc1ccc(COc2ccc(Cl)cc2C=NNC(=O)CC(=O)Nc2cccc(Cl)c2Cl)cc1. The number of hydrogen-bond acceptors (Lipinski definition) is 5. The zero-order valence-electron chi connectivity index (χ0n) is 17.5. The van der Waals surface area contributed by atoms with E-state index >= 15 is 0 Å². The smallest absolute Gasteiger partial charge is 0.249 e. The van der Waals surface area contributed by atoms with Crippen LogP contribution >= 0.6 is 34.8 Å². The fraction of sp³-hybridized carbons (Fsp3) is 0.0833. The van der Waals surface area contributed by atoms with E-state index in [1.807, 2.05) is 0 Å². The lowest BCUT2D eigenvalue weighted by Gasteiger charge is -2.10. The third-order valence-electron chi connectivity index (χ3n) is 4.39. The molecule has 0 fully saturated rings. The number of carbonyl (C=O) groups excluding carboxylic acids is 2. The summed E-state index contributed by atoms with van der Waals surface area (Å²) in [6.45, 7) is 0.257. The maximum Gasteiger partial charge on any atom is 0.249 e. The summed E-state index contributed by atoms with van der Waals surface area (Å²) in [6.07, 6.45) is 0.890. The largest absolute Gasteiger partial charge is 0.488 e. The molecule has 0 unspecified atom stereocenters. The van der Waals surface area contributed by atoms with Gasteiger partial charge in [0.25, 0.3) is 0 Å². The van der Waals surface area contributed by atoms with Gasteiger partial charge in [0.15, 0.2) is 0 Å². The minimum absolute atomic E-state index is 0.186. The fourth-order valence-corrected chi connectivity index (χ4v) is 3.27. The number of nitriles is 1. The van der Waals surface area contributed by atoms with E-state index in [4.69, 9.17) is 44.8 Å². The summed E-state index contributed by atoms with van der Waals surface area (Å²) in [7, 11) is 0.